The van der Waals surface area contributed by atoms with Crippen LogP contribution in [-0.4, -0.2) is 30.4 Å². The third kappa shape index (κ3) is 3.63. The molecule has 0 atom stereocenters. The molecule has 27 heavy (non-hydrogen) atoms. The monoisotopic (exact) mass is 402 g/mol. The molecule has 3 aromatic rings. The number of ether oxygens (including phenoxy) is 2. The summed E-state index contributed by atoms with van der Waals surface area (Å²) in [5.74, 6) is 0.537. The van der Waals surface area contributed by atoms with Crippen LogP contribution < -0.4 is 14.8 Å². The van der Waals surface area contributed by atoms with Crippen LogP contribution in [0.3, 0.4) is 0 Å². The second-order valence-electron chi connectivity index (χ2n) is 5.67. The number of nitrogens with one attached hydrogen (secondary N) is 1. The van der Waals surface area contributed by atoms with E-state index in [2.05, 4.69) is 10.3 Å². The molecule has 2 heterocycles. The maximum absolute atomic E-state index is 13.9. The predicted molar refractivity (Wildman–Crippen MR) is 105 cm³/mol. The van der Waals surface area contributed by atoms with E-state index in [0.717, 1.165) is 4.90 Å². The van der Waals surface area contributed by atoms with E-state index in [-0.39, 0.29) is 17.4 Å². The molecule has 1 aliphatic rings. The molecule has 138 valence electrons. The highest BCUT2D eigenvalue weighted by molar-refractivity contribution is 7.98. The zero-order valence-electron chi connectivity index (χ0n) is 14.3. The SMILES string of the molecule is CSc1cc2c(cc1NC(=O)c1csc(-c3ccccc3F)n1)OCCO2. The van der Waals surface area contributed by atoms with Crippen molar-refractivity contribution < 1.29 is 18.7 Å². The normalized spacial score (nSPS) is 12.7. The van der Waals surface area contributed by atoms with Crippen molar-refractivity contribution in [2.75, 3.05) is 24.8 Å². The number of rotatable bonds is 4. The predicted octanol–water partition coefficient (Wildman–Crippen LogP) is 4.69. The van der Waals surface area contributed by atoms with Crippen LogP contribution in [0.1, 0.15) is 10.5 Å². The van der Waals surface area contributed by atoms with Gasteiger partial charge in [-0.2, -0.15) is 0 Å². The first kappa shape index (κ1) is 17.8. The van der Waals surface area contributed by atoms with E-state index in [4.69, 9.17) is 9.47 Å². The van der Waals surface area contributed by atoms with E-state index >= 15 is 0 Å². The Hall–Kier alpha value is -2.58. The van der Waals surface area contributed by atoms with Crippen molar-refractivity contribution in [3.8, 4) is 22.1 Å². The lowest BCUT2D eigenvalue weighted by Crippen LogP contribution is -2.17. The van der Waals surface area contributed by atoms with Gasteiger partial charge in [-0.3, -0.25) is 4.79 Å². The number of amides is 1. The largest absolute Gasteiger partial charge is 0.486 e. The number of aromatic nitrogens is 1. The van der Waals surface area contributed by atoms with Crippen molar-refractivity contribution in [2.45, 2.75) is 4.90 Å². The third-order valence-corrected chi connectivity index (χ3v) is 5.61. The van der Waals surface area contributed by atoms with Gasteiger partial charge in [-0.1, -0.05) is 12.1 Å². The van der Waals surface area contributed by atoms with Gasteiger partial charge in [0.05, 0.1) is 5.69 Å². The summed E-state index contributed by atoms with van der Waals surface area (Å²) in [6.07, 6.45) is 1.92. The van der Waals surface area contributed by atoms with Crippen molar-refractivity contribution in [1.82, 2.24) is 4.98 Å². The number of hydrogen-bond acceptors (Lipinski definition) is 6. The second-order valence-corrected chi connectivity index (χ2v) is 7.37. The summed E-state index contributed by atoms with van der Waals surface area (Å²) in [4.78, 5) is 17.8. The maximum Gasteiger partial charge on any atom is 0.275 e. The number of nitrogens with zero attached hydrogens (tertiary/aromatic N) is 1. The third-order valence-electron chi connectivity index (χ3n) is 3.95. The summed E-state index contributed by atoms with van der Waals surface area (Å²) >= 11 is 2.72. The van der Waals surface area contributed by atoms with Crippen LogP contribution in [0, 0.1) is 5.82 Å². The minimum Gasteiger partial charge on any atom is -0.486 e. The van der Waals surface area contributed by atoms with E-state index in [1.54, 1.807) is 29.6 Å². The molecule has 0 spiro atoms. The molecule has 2 aromatic carbocycles. The van der Waals surface area contributed by atoms with Gasteiger partial charge in [0.25, 0.3) is 5.91 Å². The lowest BCUT2D eigenvalue weighted by molar-refractivity contribution is 0.102. The Morgan fingerprint density at radius 1 is 1.22 bits per heavy atom. The Morgan fingerprint density at radius 2 is 1.96 bits per heavy atom. The molecule has 8 heteroatoms. The lowest BCUT2D eigenvalue weighted by Gasteiger charge is -2.20. The molecule has 0 radical (unpaired) electrons. The van der Waals surface area contributed by atoms with E-state index in [9.17, 15) is 9.18 Å². The number of thiazole rings is 1. The number of carbonyl (C=O) groups is 1. The van der Waals surface area contributed by atoms with Gasteiger partial charge in [-0.25, -0.2) is 9.37 Å². The topological polar surface area (TPSA) is 60.5 Å². The number of benzene rings is 2. The lowest BCUT2D eigenvalue weighted by atomic mass is 10.2. The van der Waals surface area contributed by atoms with Crippen LogP contribution in [0.4, 0.5) is 10.1 Å². The van der Waals surface area contributed by atoms with E-state index in [1.165, 1.54) is 29.2 Å². The Kier molecular flexibility index (Phi) is 5.00. The fraction of sp³-hybridized carbons (Fsp3) is 0.158. The first-order valence-electron chi connectivity index (χ1n) is 8.15. The molecule has 1 aliphatic heterocycles. The number of fused-ring (bicyclic) bond motifs is 1. The molecule has 5 nitrogen and oxygen atoms in total. The number of carbonyl (C=O) groups excluding carboxylic acids is 1. The molecule has 0 saturated heterocycles. The summed E-state index contributed by atoms with van der Waals surface area (Å²) in [6, 6.07) is 9.97. The van der Waals surface area contributed by atoms with Gasteiger partial charge in [0, 0.05) is 21.9 Å². The zero-order chi connectivity index (χ0) is 18.8. The molecule has 1 aromatic heterocycles. The quantitative estimate of drug-likeness (QED) is 0.642. The van der Waals surface area contributed by atoms with Gasteiger partial charge < -0.3 is 14.8 Å². The van der Waals surface area contributed by atoms with Crippen LogP contribution in [0.15, 0.2) is 46.7 Å². The van der Waals surface area contributed by atoms with Crippen molar-refractivity contribution in [1.29, 1.82) is 0 Å². The van der Waals surface area contributed by atoms with E-state index in [1.807, 2.05) is 12.3 Å². The molecule has 0 unspecified atom stereocenters. The minimum atomic E-state index is -0.365. The average Bonchev–Trinajstić information content (AvgIpc) is 3.18. The maximum atomic E-state index is 13.9. The standard InChI is InChI=1S/C19H15FN2O3S2/c1-26-17-9-16-15(24-6-7-25-16)8-13(17)21-18(23)14-10-27-19(22-14)11-4-2-3-5-12(11)20/h2-5,8-10H,6-7H2,1H3,(H,21,23). The zero-order valence-corrected chi connectivity index (χ0v) is 16.0. The minimum absolute atomic E-state index is 0.236. The van der Waals surface area contributed by atoms with Crippen molar-refractivity contribution >= 4 is 34.7 Å². The molecule has 0 fully saturated rings. The molecular formula is C19H15FN2O3S2. The van der Waals surface area contributed by atoms with Crippen LogP contribution in [-0.2, 0) is 0 Å². The van der Waals surface area contributed by atoms with E-state index < -0.39 is 0 Å². The molecular weight excluding hydrogens is 387 g/mol. The first-order valence-corrected chi connectivity index (χ1v) is 10.3. The highest BCUT2D eigenvalue weighted by atomic mass is 32.2. The fourth-order valence-electron chi connectivity index (χ4n) is 2.66. The molecule has 0 bridgehead atoms. The fourth-order valence-corrected chi connectivity index (χ4v) is 4.04. The van der Waals surface area contributed by atoms with Gasteiger partial charge in [0.15, 0.2) is 11.5 Å². The van der Waals surface area contributed by atoms with Crippen LogP contribution in [0.2, 0.25) is 0 Å². The molecule has 0 aliphatic carbocycles. The second kappa shape index (κ2) is 7.58. The summed E-state index contributed by atoms with van der Waals surface area (Å²) in [5.41, 5.74) is 1.24. The van der Waals surface area contributed by atoms with Crippen LogP contribution >= 0.6 is 23.1 Å². The van der Waals surface area contributed by atoms with Gasteiger partial charge in [-0.15, -0.1) is 23.1 Å². The smallest absolute Gasteiger partial charge is 0.275 e. The van der Waals surface area contributed by atoms with Crippen molar-refractivity contribution in [3.63, 3.8) is 0 Å². The highest BCUT2D eigenvalue weighted by Crippen LogP contribution is 2.39. The molecule has 1 amide bonds. The number of thioether (sulfide) groups is 1. The number of hydrogen-bond donors (Lipinski definition) is 1. The number of anilines is 1. The molecule has 4 rings (SSSR count). The van der Waals surface area contributed by atoms with E-state index in [0.29, 0.717) is 41.0 Å². The van der Waals surface area contributed by atoms with Gasteiger partial charge >= 0.3 is 0 Å². The van der Waals surface area contributed by atoms with Gasteiger partial charge in [0.1, 0.15) is 29.7 Å². The Balaban J connectivity index is 1.59. The van der Waals surface area contributed by atoms with Crippen molar-refractivity contribution in [2.24, 2.45) is 0 Å². The number of halogens is 1. The first-order chi connectivity index (χ1) is 13.2. The highest BCUT2D eigenvalue weighted by Gasteiger charge is 2.19. The van der Waals surface area contributed by atoms with Gasteiger partial charge in [0.2, 0.25) is 0 Å². The van der Waals surface area contributed by atoms with Crippen LogP contribution in [0.25, 0.3) is 10.6 Å². The summed E-state index contributed by atoms with van der Waals surface area (Å²) in [6.45, 7) is 0.973. The Morgan fingerprint density at radius 3 is 2.70 bits per heavy atom. The summed E-state index contributed by atoms with van der Waals surface area (Å²) < 4.78 is 25.1. The summed E-state index contributed by atoms with van der Waals surface area (Å²) in [5, 5.41) is 4.94. The van der Waals surface area contributed by atoms with Crippen LogP contribution in [0.5, 0.6) is 11.5 Å². The summed E-state index contributed by atoms with van der Waals surface area (Å²) in [7, 11) is 0. The molecule has 1 N–H and O–H groups in total. The Bertz CT molecular complexity index is 1010. The van der Waals surface area contributed by atoms with Crippen molar-refractivity contribution in [3.05, 3.63) is 53.3 Å². The molecule has 0 saturated carbocycles. The Labute approximate surface area is 163 Å². The van der Waals surface area contributed by atoms with Gasteiger partial charge in [-0.05, 0) is 24.5 Å². The average molecular weight is 402 g/mol.